The molecule has 4 rings (SSSR count). The lowest BCUT2D eigenvalue weighted by atomic mass is 9.98. The van der Waals surface area contributed by atoms with E-state index < -0.39 is 41.0 Å². The maximum Gasteiger partial charge on any atom is 0.416 e. The molecule has 15 heteroatoms. The van der Waals surface area contributed by atoms with Gasteiger partial charge in [0, 0.05) is 51.4 Å². The van der Waals surface area contributed by atoms with Crippen LogP contribution in [0.1, 0.15) is 39.0 Å². The van der Waals surface area contributed by atoms with Gasteiger partial charge in [0.05, 0.1) is 30.4 Å². The van der Waals surface area contributed by atoms with Gasteiger partial charge in [0.2, 0.25) is 0 Å². The minimum absolute atomic E-state index is 0. The number of piperazine rings is 1. The fraction of sp³-hybridized carbons (Fsp3) is 0.567. The summed E-state index contributed by atoms with van der Waals surface area (Å²) in [6, 6.07) is 5.53. The van der Waals surface area contributed by atoms with Crippen molar-refractivity contribution in [3.05, 3.63) is 64.2 Å². The summed E-state index contributed by atoms with van der Waals surface area (Å²) in [6.45, 7) is 6.87. The maximum atomic E-state index is 13.6. The molecule has 2 fully saturated rings. The van der Waals surface area contributed by atoms with Crippen LogP contribution in [0, 0.1) is 6.92 Å². The Hall–Kier alpha value is -2.29. The van der Waals surface area contributed by atoms with Crippen LogP contribution < -0.4 is 0 Å². The predicted octanol–water partition coefficient (Wildman–Crippen LogP) is 5.69. The SMILES string of the molecule is COC[C@@H]1CN(CCCN2CCN(C(=O)c3cc(C(F)(F)F)cc(C(F)(F)F)c3)[C@H](Cc3ccc(C)c(O)c3)C2)CCO1.Cl.Cl. The first-order valence-electron chi connectivity index (χ1n) is 14.2. The van der Waals surface area contributed by atoms with Gasteiger partial charge in [-0.05, 0) is 68.2 Å². The Labute approximate surface area is 271 Å². The number of amides is 1. The van der Waals surface area contributed by atoms with Crippen LogP contribution in [0.15, 0.2) is 36.4 Å². The van der Waals surface area contributed by atoms with Crippen LogP contribution in [0.4, 0.5) is 26.3 Å². The first-order valence-corrected chi connectivity index (χ1v) is 14.2. The number of carbonyl (C=O) groups is 1. The maximum absolute atomic E-state index is 13.6. The van der Waals surface area contributed by atoms with E-state index in [0.29, 0.717) is 56.1 Å². The summed E-state index contributed by atoms with van der Waals surface area (Å²) in [6.07, 6.45) is -9.01. The van der Waals surface area contributed by atoms with Gasteiger partial charge in [-0.25, -0.2) is 0 Å². The lowest BCUT2D eigenvalue weighted by Crippen LogP contribution is -2.56. The zero-order chi connectivity index (χ0) is 31.4. The fourth-order valence-corrected chi connectivity index (χ4v) is 5.65. The summed E-state index contributed by atoms with van der Waals surface area (Å²) < 4.78 is 91.9. The van der Waals surface area contributed by atoms with E-state index >= 15 is 0 Å². The molecule has 2 atom stereocenters. The van der Waals surface area contributed by atoms with Crippen LogP contribution in [-0.4, -0.2) is 104 Å². The second-order valence-corrected chi connectivity index (χ2v) is 11.2. The molecule has 0 aliphatic carbocycles. The normalized spacial score (nSPS) is 20.0. The van der Waals surface area contributed by atoms with Crippen molar-refractivity contribution in [2.24, 2.45) is 0 Å². The number of phenolic OH excluding ortho intramolecular Hbond substituents is 1. The van der Waals surface area contributed by atoms with Gasteiger partial charge in [-0.15, -0.1) is 24.8 Å². The van der Waals surface area contributed by atoms with Crippen LogP contribution in [0.25, 0.3) is 0 Å². The van der Waals surface area contributed by atoms with Gasteiger partial charge < -0.3 is 19.5 Å². The molecular formula is C30H39Cl2F6N3O4. The number of halogens is 8. The van der Waals surface area contributed by atoms with E-state index in [0.717, 1.165) is 26.1 Å². The monoisotopic (exact) mass is 689 g/mol. The van der Waals surface area contributed by atoms with Gasteiger partial charge in [0.15, 0.2) is 0 Å². The molecule has 0 aromatic heterocycles. The molecule has 254 valence electrons. The molecule has 2 heterocycles. The Morgan fingerprint density at radius 1 is 0.933 bits per heavy atom. The smallest absolute Gasteiger partial charge is 0.416 e. The van der Waals surface area contributed by atoms with Crippen LogP contribution >= 0.6 is 24.8 Å². The van der Waals surface area contributed by atoms with Crippen molar-refractivity contribution < 1.29 is 45.7 Å². The van der Waals surface area contributed by atoms with Crippen molar-refractivity contribution in [2.45, 2.75) is 44.3 Å². The number of morpholine rings is 1. The molecule has 0 unspecified atom stereocenters. The third-order valence-electron chi connectivity index (χ3n) is 7.93. The number of ether oxygens (including phenoxy) is 2. The molecule has 45 heavy (non-hydrogen) atoms. The zero-order valence-corrected chi connectivity index (χ0v) is 26.6. The summed E-state index contributed by atoms with van der Waals surface area (Å²) in [4.78, 5) is 19.4. The van der Waals surface area contributed by atoms with Crippen molar-refractivity contribution in [1.82, 2.24) is 14.7 Å². The number of hydrogen-bond acceptors (Lipinski definition) is 6. The number of benzene rings is 2. The molecule has 0 saturated carbocycles. The largest absolute Gasteiger partial charge is 0.508 e. The molecule has 2 aromatic rings. The molecule has 7 nitrogen and oxygen atoms in total. The van der Waals surface area contributed by atoms with E-state index in [-0.39, 0.29) is 55.7 Å². The van der Waals surface area contributed by atoms with Crippen molar-refractivity contribution >= 4 is 30.7 Å². The van der Waals surface area contributed by atoms with Gasteiger partial charge in [-0.2, -0.15) is 26.3 Å². The molecule has 0 spiro atoms. The molecule has 2 aliphatic rings. The van der Waals surface area contributed by atoms with Crippen molar-refractivity contribution in [2.75, 3.05) is 66.1 Å². The van der Waals surface area contributed by atoms with Crippen LogP contribution in [-0.2, 0) is 28.2 Å². The number of aromatic hydroxyl groups is 1. The Bertz CT molecular complexity index is 1230. The zero-order valence-electron chi connectivity index (χ0n) is 25.0. The number of nitrogens with zero attached hydrogens (tertiary/aromatic N) is 3. The van der Waals surface area contributed by atoms with Crippen molar-refractivity contribution in [1.29, 1.82) is 0 Å². The number of phenols is 1. The second-order valence-electron chi connectivity index (χ2n) is 11.2. The summed E-state index contributed by atoms with van der Waals surface area (Å²) in [5.74, 6) is -0.830. The topological polar surface area (TPSA) is 65.5 Å². The summed E-state index contributed by atoms with van der Waals surface area (Å²) in [5, 5.41) is 10.2. The quantitative estimate of drug-likeness (QED) is 0.342. The summed E-state index contributed by atoms with van der Waals surface area (Å²) in [7, 11) is 1.63. The Balaban J connectivity index is 0.00000353. The van der Waals surface area contributed by atoms with E-state index in [1.807, 2.05) is 0 Å². The van der Waals surface area contributed by atoms with E-state index in [9.17, 15) is 36.2 Å². The van der Waals surface area contributed by atoms with Crippen molar-refractivity contribution in [3.8, 4) is 5.75 Å². The van der Waals surface area contributed by atoms with Gasteiger partial charge in [0.1, 0.15) is 5.75 Å². The summed E-state index contributed by atoms with van der Waals surface area (Å²) in [5.41, 5.74) is -2.36. The average Bonchev–Trinajstić information content (AvgIpc) is 2.94. The molecule has 1 N–H and O–H groups in total. The number of aryl methyl sites for hydroxylation is 1. The molecule has 2 aliphatic heterocycles. The molecule has 2 aromatic carbocycles. The predicted molar refractivity (Wildman–Crippen MR) is 161 cm³/mol. The van der Waals surface area contributed by atoms with E-state index in [4.69, 9.17) is 9.47 Å². The molecule has 0 radical (unpaired) electrons. The molecule has 0 bridgehead atoms. The minimum atomic E-state index is -5.06. The highest BCUT2D eigenvalue weighted by Gasteiger charge is 2.39. The third-order valence-corrected chi connectivity index (χ3v) is 7.93. The summed E-state index contributed by atoms with van der Waals surface area (Å²) >= 11 is 0. The number of methoxy groups -OCH3 is 1. The number of carbonyl (C=O) groups excluding carboxylic acids is 1. The lowest BCUT2D eigenvalue weighted by molar-refractivity contribution is -0.143. The van der Waals surface area contributed by atoms with Gasteiger partial charge >= 0.3 is 12.4 Å². The highest BCUT2D eigenvalue weighted by Crippen LogP contribution is 2.37. The van der Waals surface area contributed by atoms with Crippen LogP contribution in [0.2, 0.25) is 0 Å². The second kappa shape index (κ2) is 16.5. The first kappa shape index (κ1) is 38.9. The number of rotatable bonds is 9. The van der Waals surface area contributed by atoms with Gasteiger partial charge in [-0.3, -0.25) is 14.6 Å². The van der Waals surface area contributed by atoms with Crippen LogP contribution in [0.3, 0.4) is 0 Å². The van der Waals surface area contributed by atoms with E-state index in [1.54, 1.807) is 32.2 Å². The highest BCUT2D eigenvalue weighted by molar-refractivity contribution is 5.95. The van der Waals surface area contributed by atoms with E-state index in [1.165, 1.54) is 4.90 Å². The van der Waals surface area contributed by atoms with Crippen molar-refractivity contribution in [3.63, 3.8) is 0 Å². The standard InChI is InChI=1S/C30H37F6N3O4.2ClH/c1-20-4-5-21(13-27(20)40)12-25-17-37(6-3-7-38-10-11-43-26(18-38)19-42-2)8-9-39(25)28(41)22-14-23(29(31,32)33)16-24(15-22)30(34,35)36;;/h4-5,13-16,25-26,40H,3,6-12,17-19H2,1-2H3;2*1H/t25-,26+;;/m1../s1. The van der Waals surface area contributed by atoms with Gasteiger partial charge in [0.25, 0.3) is 5.91 Å². The first-order chi connectivity index (χ1) is 20.2. The van der Waals surface area contributed by atoms with Crippen LogP contribution in [0.5, 0.6) is 5.75 Å². The minimum Gasteiger partial charge on any atom is -0.508 e. The van der Waals surface area contributed by atoms with E-state index in [2.05, 4.69) is 9.80 Å². The molecule has 2 saturated heterocycles. The average molecular weight is 691 g/mol. The third kappa shape index (κ3) is 10.6. The number of hydrogen-bond donors (Lipinski definition) is 1. The lowest BCUT2D eigenvalue weighted by Gasteiger charge is -2.42. The fourth-order valence-electron chi connectivity index (χ4n) is 5.65. The number of alkyl halides is 6. The Morgan fingerprint density at radius 2 is 1.56 bits per heavy atom. The molecular weight excluding hydrogens is 651 g/mol. The highest BCUT2D eigenvalue weighted by atomic mass is 35.5. The Morgan fingerprint density at radius 3 is 2.13 bits per heavy atom. The molecule has 1 amide bonds. The van der Waals surface area contributed by atoms with Gasteiger partial charge in [-0.1, -0.05) is 12.1 Å². The Kier molecular flexibility index (Phi) is 14.3.